The Labute approximate surface area is 218 Å². The fourth-order valence-electron chi connectivity index (χ4n) is 3.56. The van der Waals surface area contributed by atoms with Crippen molar-refractivity contribution in [3.8, 4) is 17.2 Å². The molecule has 180 valence electrons. The van der Waals surface area contributed by atoms with E-state index in [1.807, 2.05) is 37.3 Å². The number of rotatable bonds is 7. The van der Waals surface area contributed by atoms with Gasteiger partial charge in [0.2, 0.25) is 5.89 Å². The second-order valence-corrected chi connectivity index (χ2v) is 9.38. The maximum atomic E-state index is 12.6. The van der Waals surface area contributed by atoms with Crippen molar-refractivity contribution in [2.45, 2.75) is 33.1 Å². The quantitative estimate of drug-likeness (QED) is 0.235. The van der Waals surface area contributed by atoms with Gasteiger partial charge in [-0.2, -0.15) is 0 Å². The van der Waals surface area contributed by atoms with Crippen LogP contribution in [0.5, 0.6) is 5.75 Å². The topological polar surface area (TPSA) is 76.4 Å². The lowest BCUT2D eigenvalue weighted by Gasteiger charge is -2.11. The summed E-state index contributed by atoms with van der Waals surface area (Å²) >= 11 is 8.74. The molecule has 8 heteroatoms. The molecule has 0 spiro atoms. The van der Waals surface area contributed by atoms with Gasteiger partial charge in [-0.05, 0) is 108 Å². The largest absolute Gasteiger partial charge is 0.493 e. The number of carbonyl (C=O) groups excluding carboxylic acids is 1. The molecule has 1 amide bonds. The summed E-state index contributed by atoms with van der Waals surface area (Å²) in [6.07, 6.45) is 1.07. The Bertz CT molecular complexity index is 1370. The number of hydrogen-bond acceptors (Lipinski definition) is 5. The standard InChI is InChI=1S/C27H26BrN3O3S/c1-4-16(3)18-8-13-24-22(15-18)30-26(34-24)17-6-10-20(11-7-17)29-27(35)31-25(32)19-9-12-23(33-5-2)21(28)14-19/h6-16H,4-5H2,1-3H3,(H2,29,31,32,35)/t16-/m0/s1. The van der Waals surface area contributed by atoms with E-state index in [1.54, 1.807) is 18.2 Å². The van der Waals surface area contributed by atoms with Crippen LogP contribution in [-0.2, 0) is 0 Å². The van der Waals surface area contributed by atoms with Crippen LogP contribution in [0.15, 0.2) is 69.6 Å². The number of nitrogens with one attached hydrogen (secondary N) is 2. The van der Waals surface area contributed by atoms with Crippen LogP contribution in [0.4, 0.5) is 5.69 Å². The van der Waals surface area contributed by atoms with Crippen molar-refractivity contribution in [2.24, 2.45) is 0 Å². The maximum Gasteiger partial charge on any atom is 0.257 e. The van der Waals surface area contributed by atoms with Crippen molar-refractivity contribution in [1.82, 2.24) is 10.3 Å². The first-order chi connectivity index (χ1) is 16.9. The third-order valence-corrected chi connectivity index (χ3v) is 6.53. The molecule has 0 saturated carbocycles. The molecule has 6 nitrogen and oxygen atoms in total. The SMILES string of the molecule is CCOc1ccc(C(=O)NC(=S)Nc2ccc(-c3nc4cc([C@@H](C)CC)ccc4o3)cc2)cc1Br. The van der Waals surface area contributed by atoms with E-state index < -0.39 is 0 Å². The number of thiocarbonyl (C=S) groups is 1. The molecule has 0 aliphatic rings. The van der Waals surface area contributed by atoms with Gasteiger partial charge in [0.05, 0.1) is 11.1 Å². The summed E-state index contributed by atoms with van der Waals surface area (Å²) in [4.78, 5) is 17.2. The van der Waals surface area contributed by atoms with E-state index in [2.05, 4.69) is 57.5 Å². The highest BCUT2D eigenvalue weighted by Gasteiger charge is 2.13. The number of oxazole rings is 1. The molecular formula is C27H26BrN3O3S. The summed E-state index contributed by atoms with van der Waals surface area (Å²) in [5, 5.41) is 5.93. The third-order valence-electron chi connectivity index (χ3n) is 5.70. The Kier molecular flexibility index (Phi) is 7.83. The van der Waals surface area contributed by atoms with Crippen molar-refractivity contribution in [2.75, 3.05) is 11.9 Å². The summed E-state index contributed by atoms with van der Waals surface area (Å²) in [6.45, 7) is 6.83. The molecule has 35 heavy (non-hydrogen) atoms. The lowest BCUT2D eigenvalue weighted by atomic mass is 9.98. The van der Waals surface area contributed by atoms with Crippen molar-refractivity contribution in [3.63, 3.8) is 0 Å². The first-order valence-corrected chi connectivity index (χ1v) is 12.6. The molecule has 0 fully saturated rings. The van der Waals surface area contributed by atoms with E-state index >= 15 is 0 Å². The number of nitrogens with zero attached hydrogens (tertiary/aromatic N) is 1. The molecule has 0 radical (unpaired) electrons. The molecule has 0 saturated heterocycles. The molecule has 1 heterocycles. The Morgan fingerprint density at radius 1 is 1.11 bits per heavy atom. The molecular weight excluding hydrogens is 526 g/mol. The van der Waals surface area contributed by atoms with Gasteiger partial charge >= 0.3 is 0 Å². The highest BCUT2D eigenvalue weighted by molar-refractivity contribution is 9.10. The monoisotopic (exact) mass is 551 g/mol. The first-order valence-electron chi connectivity index (χ1n) is 11.4. The van der Waals surface area contributed by atoms with Gasteiger partial charge in [-0.1, -0.05) is 19.9 Å². The number of carbonyl (C=O) groups is 1. The van der Waals surface area contributed by atoms with Crippen LogP contribution in [0.3, 0.4) is 0 Å². The molecule has 0 aliphatic carbocycles. The maximum absolute atomic E-state index is 12.6. The van der Waals surface area contributed by atoms with Gasteiger partial charge in [0, 0.05) is 16.8 Å². The molecule has 0 aliphatic heterocycles. The molecule has 2 N–H and O–H groups in total. The number of hydrogen-bond donors (Lipinski definition) is 2. The minimum Gasteiger partial charge on any atom is -0.493 e. The number of fused-ring (bicyclic) bond motifs is 1. The average molecular weight is 552 g/mol. The number of amides is 1. The highest BCUT2D eigenvalue weighted by atomic mass is 79.9. The smallest absolute Gasteiger partial charge is 0.257 e. The summed E-state index contributed by atoms with van der Waals surface area (Å²) in [6, 6.07) is 18.8. The minimum absolute atomic E-state index is 0.201. The van der Waals surface area contributed by atoms with E-state index in [4.69, 9.17) is 21.4 Å². The lowest BCUT2D eigenvalue weighted by molar-refractivity contribution is 0.0977. The Balaban J connectivity index is 1.40. The Morgan fingerprint density at radius 3 is 2.57 bits per heavy atom. The van der Waals surface area contributed by atoms with E-state index in [1.165, 1.54) is 5.56 Å². The van der Waals surface area contributed by atoms with Crippen molar-refractivity contribution in [1.29, 1.82) is 0 Å². The molecule has 4 aromatic rings. The minimum atomic E-state index is -0.314. The molecule has 0 unspecified atom stereocenters. The molecule has 3 aromatic carbocycles. The molecule has 1 aromatic heterocycles. The van der Waals surface area contributed by atoms with Crippen molar-refractivity contribution >= 4 is 56.0 Å². The van der Waals surface area contributed by atoms with Crippen LogP contribution in [0.1, 0.15) is 49.0 Å². The number of benzene rings is 3. The predicted octanol–water partition coefficient (Wildman–Crippen LogP) is 7.30. The number of aromatic nitrogens is 1. The summed E-state index contributed by atoms with van der Waals surface area (Å²) in [5.74, 6) is 1.40. The van der Waals surface area contributed by atoms with Crippen molar-refractivity contribution < 1.29 is 13.9 Å². The van der Waals surface area contributed by atoms with Gasteiger partial charge in [0.1, 0.15) is 11.3 Å². The highest BCUT2D eigenvalue weighted by Crippen LogP contribution is 2.29. The van der Waals surface area contributed by atoms with Gasteiger partial charge in [-0.15, -0.1) is 0 Å². The fourth-order valence-corrected chi connectivity index (χ4v) is 4.26. The van der Waals surface area contributed by atoms with E-state index in [0.717, 1.165) is 28.8 Å². The van der Waals surface area contributed by atoms with Gasteiger partial charge in [-0.25, -0.2) is 4.98 Å². The Hall–Kier alpha value is -3.23. The van der Waals surface area contributed by atoms with Crippen LogP contribution in [0.25, 0.3) is 22.6 Å². The summed E-state index contributed by atoms with van der Waals surface area (Å²) in [5.41, 5.74) is 4.93. The van der Waals surface area contributed by atoms with Gasteiger partial charge in [0.15, 0.2) is 10.7 Å². The van der Waals surface area contributed by atoms with Gasteiger partial charge < -0.3 is 14.5 Å². The zero-order valence-corrected chi connectivity index (χ0v) is 22.1. The first kappa shape index (κ1) is 24.9. The van der Waals surface area contributed by atoms with Crippen LogP contribution < -0.4 is 15.4 Å². The second-order valence-electron chi connectivity index (χ2n) is 8.12. The van der Waals surface area contributed by atoms with Crippen LogP contribution in [0.2, 0.25) is 0 Å². The zero-order chi connectivity index (χ0) is 24.9. The summed E-state index contributed by atoms with van der Waals surface area (Å²) < 4.78 is 12.1. The number of anilines is 1. The predicted molar refractivity (Wildman–Crippen MR) is 147 cm³/mol. The van der Waals surface area contributed by atoms with Crippen LogP contribution in [0, 0.1) is 0 Å². The van der Waals surface area contributed by atoms with Gasteiger partial charge in [0.25, 0.3) is 5.91 Å². The van der Waals surface area contributed by atoms with Crippen LogP contribution in [-0.4, -0.2) is 22.6 Å². The second kappa shape index (κ2) is 11.0. The molecule has 4 rings (SSSR count). The number of ether oxygens (including phenoxy) is 1. The normalized spacial score (nSPS) is 11.8. The Morgan fingerprint density at radius 2 is 1.89 bits per heavy atom. The zero-order valence-electron chi connectivity index (χ0n) is 19.7. The number of halogens is 1. The molecule has 0 bridgehead atoms. The van der Waals surface area contributed by atoms with Crippen molar-refractivity contribution in [3.05, 3.63) is 76.3 Å². The van der Waals surface area contributed by atoms with E-state index in [9.17, 15) is 4.79 Å². The van der Waals surface area contributed by atoms with Crippen LogP contribution >= 0.6 is 28.1 Å². The molecule has 1 atom stereocenters. The fraction of sp³-hybridized carbons (Fsp3) is 0.222. The third kappa shape index (κ3) is 5.89. The van der Waals surface area contributed by atoms with E-state index in [0.29, 0.717) is 34.2 Å². The van der Waals surface area contributed by atoms with E-state index in [-0.39, 0.29) is 11.0 Å². The summed E-state index contributed by atoms with van der Waals surface area (Å²) in [7, 11) is 0. The average Bonchev–Trinajstić information content (AvgIpc) is 3.28. The lowest BCUT2D eigenvalue weighted by Crippen LogP contribution is -2.34. The van der Waals surface area contributed by atoms with Gasteiger partial charge in [-0.3, -0.25) is 10.1 Å².